The molecule has 3 heterocycles. The number of aliphatic carboxylic acids is 1. The maximum Gasteiger partial charge on any atom is 0.308 e. The fourth-order valence-corrected chi connectivity index (χ4v) is 3.95. The number of likely N-dealkylation sites (tertiary alicyclic amines) is 1. The van der Waals surface area contributed by atoms with Gasteiger partial charge in [0.05, 0.1) is 17.8 Å². The van der Waals surface area contributed by atoms with Crippen LogP contribution in [0, 0.1) is 5.92 Å². The lowest BCUT2D eigenvalue weighted by atomic mass is 9.98. The van der Waals surface area contributed by atoms with E-state index in [1.165, 1.54) is 11.3 Å². The third kappa shape index (κ3) is 3.61. The Morgan fingerprint density at radius 1 is 1.22 bits per heavy atom. The number of para-hydroxylation sites is 1. The van der Waals surface area contributed by atoms with Crippen molar-refractivity contribution in [1.82, 2.24) is 19.7 Å². The lowest BCUT2D eigenvalue weighted by molar-refractivity contribution is -0.143. The Hall–Kier alpha value is -3.00. The minimum atomic E-state index is -0.847. The van der Waals surface area contributed by atoms with Crippen molar-refractivity contribution in [3.05, 3.63) is 53.8 Å². The van der Waals surface area contributed by atoms with Crippen LogP contribution in [0.2, 0.25) is 0 Å². The number of thiazole rings is 1. The van der Waals surface area contributed by atoms with E-state index in [0.29, 0.717) is 30.1 Å². The molecule has 1 aliphatic heterocycles. The molecule has 8 heteroatoms. The Morgan fingerprint density at radius 2 is 2.04 bits per heavy atom. The maximum atomic E-state index is 12.7. The molecule has 1 fully saturated rings. The van der Waals surface area contributed by atoms with Crippen molar-refractivity contribution in [2.24, 2.45) is 5.92 Å². The highest BCUT2D eigenvalue weighted by molar-refractivity contribution is 7.13. The lowest BCUT2D eigenvalue weighted by Gasteiger charge is -2.30. The van der Waals surface area contributed by atoms with Gasteiger partial charge in [0.1, 0.15) is 10.7 Å². The minimum Gasteiger partial charge on any atom is -0.481 e. The molecule has 0 radical (unpaired) electrons. The number of carbonyl (C=O) groups is 2. The van der Waals surface area contributed by atoms with E-state index in [1.807, 2.05) is 36.5 Å². The van der Waals surface area contributed by atoms with Crippen LogP contribution in [-0.4, -0.2) is 49.7 Å². The molecule has 1 aromatic carbocycles. The van der Waals surface area contributed by atoms with Crippen LogP contribution in [0.3, 0.4) is 0 Å². The molecule has 1 saturated heterocycles. The number of hydrogen-bond acceptors (Lipinski definition) is 5. The van der Waals surface area contributed by atoms with Gasteiger partial charge < -0.3 is 10.0 Å². The van der Waals surface area contributed by atoms with Crippen LogP contribution in [0.5, 0.6) is 0 Å². The quantitative estimate of drug-likeness (QED) is 0.749. The predicted molar refractivity (Wildman–Crippen MR) is 101 cm³/mol. The summed E-state index contributed by atoms with van der Waals surface area (Å²) < 4.78 is 1.76. The first-order valence-corrected chi connectivity index (χ1v) is 9.58. The summed E-state index contributed by atoms with van der Waals surface area (Å²) >= 11 is 1.38. The van der Waals surface area contributed by atoms with E-state index in [4.69, 9.17) is 0 Å². The van der Waals surface area contributed by atoms with Gasteiger partial charge >= 0.3 is 5.97 Å². The molecule has 4 rings (SSSR count). The molecule has 1 atom stereocenters. The molecule has 0 spiro atoms. The van der Waals surface area contributed by atoms with Crippen LogP contribution in [0.4, 0.5) is 0 Å². The first-order chi connectivity index (χ1) is 13.1. The van der Waals surface area contributed by atoms with E-state index >= 15 is 0 Å². The molecule has 3 aromatic rings. The standard InChI is InChI=1S/C19H18N4O3S/c24-18(22-8-4-5-13(10-22)19(25)26)16-12-27-17(21-16)14-9-20-23(11-14)15-6-2-1-3-7-15/h1-3,6-7,9,11-13H,4-5,8,10H2,(H,25,26)/t13-/m0/s1. The van der Waals surface area contributed by atoms with E-state index in [-0.39, 0.29) is 12.5 Å². The molecule has 7 nitrogen and oxygen atoms in total. The van der Waals surface area contributed by atoms with Crippen LogP contribution in [0.25, 0.3) is 16.3 Å². The number of benzene rings is 1. The molecular formula is C19H18N4O3S. The van der Waals surface area contributed by atoms with Gasteiger partial charge in [-0.15, -0.1) is 11.3 Å². The van der Waals surface area contributed by atoms with Crippen molar-refractivity contribution < 1.29 is 14.7 Å². The molecule has 1 amide bonds. The lowest BCUT2D eigenvalue weighted by Crippen LogP contribution is -2.42. The fourth-order valence-electron chi connectivity index (χ4n) is 3.18. The highest BCUT2D eigenvalue weighted by atomic mass is 32.1. The number of rotatable bonds is 4. The van der Waals surface area contributed by atoms with E-state index < -0.39 is 11.9 Å². The van der Waals surface area contributed by atoms with Gasteiger partial charge in [0.15, 0.2) is 0 Å². The molecule has 0 aliphatic carbocycles. The zero-order valence-electron chi connectivity index (χ0n) is 14.5. The van der Waals surface area contributed by atoms with Gasteiger partial charge in [-0.2, -0.15) is 5.10 Å². The first-order valence-electron chi connectivity index (χ1n) is 8.70. The predicted octanol–water partition coefficient (Wildman–Crippen LogP) is 2.93. The van der Waals surface area contributed by atoms with Gasteiger partial charge in [-0.3, -0.25) is 9.59 Å². The second-order valence-corrected chi connectivity index (χ2v) is 7.33. The van der Waals surface area contributed by atoms with Gasteiger partial charge in [-0.05, 0) is 25.0 Å². The van der Waals surface area contributed by atoms with Gasteiger partial charge in [0.25, 0.3) is 5.91 Å². The Balaban J connectivity index is 1.51. The fraction of sp³-hybridized carbons (Fsp3) is 0.263. The van der Waals surface area contributed by atoms with Gasteiger partial charge in [0.2, 0.25) is 0 Å². The zero-order valence-corrected chi connectivity index (χ0v) is 15.3. The summed E-state index contributed by atoms with van der Waals surface area (Å²) in [6.07, 6.45) is 4.91. The van der Waals surface area contributed by atoms with Crippen molar-refractivity contribution in [3.8, 4) is 16.3 Å². The monoisotopic (exact) mass is 382 g/mol. The Kier molecular flexibility index (Phi) is 4.72. The summed E-state index contributed by atoms with van der Waals surface area (Å²) in [7, 11) is 0. The van der Waals surface area contributed by atoms with E-state index in [0.717, 1.165) is 11.3 Å². The summed E-state index contributed by atoms with van der Waals surface area (Å²) in [6, 6.07) is 9.76. The van der Waals surface area contributed by atoms with Gasteiger partial charge in [0, 0.05) is 30.2 Å². The number of nitrogens with zero attached hydrogens (tertiary/aromatic N) is 4. The van der Waals surface area contributed by atoms with Gasteiger partial charge in [-0.25, -0.2) is 9.67 Å². The number of hydrogen-bond donors (Lipinski definition) is 1. The van der Waals surface area contributed by atoms with Crippen LogP contribution >= 0.6 is 11.3 Å². The summed E-state index contributed by atoms with van der Waals surface area (Å²) in [4.78, 5) is 30.0. The van der Waals surface area contributed by atoms with Crippen molar-refractivity contribution in [1.29, 1.82) is 0 Å². The third-order valence-corrected chi connectivity index (χ3v) is 5.52. The average Bonchev–Trinajstić information content (AvgIpc) is 3.38. The smallest absolute Gasteiger partial charge is 0.308 e. The van der Waals surface area contributed by atoms with Crippen molar-refractivity contribution in [2.75, 3.05) is 13.1 Å². The molecule has 2 aromatic heterocycles. The average molecular weight is 382 g/mol. The maximum absolute atomic E-state index is 12.7. The van der Waals surface area contributed by atoms with Crippen molar-refractivity contribution >= 4 is 23.2 Å². The number of carboxylic acids is 1. The van der Waals surface area contributed by atoms with E-state index in [2.05, 4.69) is 10.1 Å². The Bertz CT molecular complexity index is 966. The van der Waals surface area contributed by atoms with Gasteiger partial charge in [-0.1, -0.05) is 18.2 Å². The molecule has 27 heavy (non-hydrogen) atoms. The topological polar surface area (TPSA) is 88.3 Å². The second kappa shape index (κ2) is 7.32. The summed E-state index contributed by atoms with van der Waals surface area (Å²) in [5.41, 5.74) is 2.14. The van der Waals surface area contributed by atoms with Crippen LogP contribution < -0.4 is 0 Å². The highest BCUT2D eigenvalue weighted by Crippen LogP contribution is 2.26. The number of piperidine rings is 1. The molecule has 0 bridgehead atoms. The molecule has 1 aliphatic rings. The van der Waals surface area contributed by atoms with Crippen molar-refractivity contribution in [2.45, 2.75) is 12.8 Å². The molecule has 0 unspecified atom stereocenters. The number of carbonyl (C=O) groups excluding carboxylic acids is 1. The summed E-state index contributed by atoms with van der Waals surface area (Å²) in [5.74, 6) is -1.55. The van der Waals surface area contributed by atoms with E-state index in [1.54, 1.807) is 21.2 Å². The number of aromatic nitrogens is 3. The summed E-state index contributed by atoms with van der Waals surface area (Å²) in [6.45, 7) is 0.814. The molecule has 138 valence electrons. The van der Waals surface area contributed by atoms with E-state index in [9.17, 15) is 14.7 Å². The number of carboxylic acid groups (broad SMARTS) is 1. The van der Waals surface area contributed by atoms with Crippen LogP contribution in [-0.2, 0) is 4.79 Å². The van der Waals surface area contributed by atoms with Crippen molar-refractivity contribution in [3.63, 3.8) is 0 Å². The summed E-state index contributed by atoms with van der Waals surface area (Å²) in [5, 5.41) is 16.0. The first kappa shape index (κ1) is 17.4. The second-order valence-electron chi connectivity index (χ2n) is 6.48. The molecule has 0 saturated carbocycles. The zero-order chi connectivity index (χ0) is 18.8. The number of amides is 1. The normalized spacial score (nSPS) is 17.0. The van der Waals surface area contributed by atoms with Crippen LogP contribution in [0.1, 0.15) is 23.3 Å². The largest absolute Gasteiger partial charge is 0.481 e. The highest BCUT2D eigenvalue weighted by Gasteiger charge is 2.29. The SMILES string of the molecule is O=C(O)[C@H]1CCCN(C(=O)c2csc(-c3cnn(-c4ccccc4)c3)n2)C1. The molecule has 1 N–H and O–H groups in total. The van der Waals surface area contributed by atoms with Crippen LogP contribution in [0.15, 0.2) is 48.1 Å². The Labute approximate surface area is 159 Å². The molecular weight excluding hydrogens is 364 g/mol. The minimum absolute atomic E-state index is 0.209. The third-order valence-electron chi connectivity index (χ3n) is 4.63. The Morgan fingerprint density at radius 3 is 2.81 bits per heavy atom.